The summed E-state index contributed by atoms with van der Waals surface area (Å²) in [7, 11) is 0. The van der Waals surface area contributed by atoms with Crippen molar-refractivity contribution in [2.24, 2.45) is 9.98 Å². The van der Waals surface area contributed by atoms with E-state index in [-0.39, 0.29) is 11.8 Å². The Bertz CT molecular complexity index is 494. The van der Waals surface area contributed by atoms with Gasteiger partial charge in [-0.25, -0.2) is 9.98 Å². The molecule has 0 radical (unpaired) electrons. The van der Waals surface area contributed by atoms with E-state index in [1.807, 2.05) is 0 Å². The third-order valence-electron chi connectivity index (χ3n) is 2.40. The molecule has 0 fully saturated rings. The van der Waals surface area contributed by atoms with E-state index in [0.29, 0.717) is 23.3 Å². The Morgan fingerprint density at radius 1 is 1.29 bits per heavy atom. The van der Waals surface area contributed by atoms with Crippen molar-refractivity contribution in [2.75, 3.05) is 0 Å². The number of rotatable bonds is 0. The maximum atomic E-state index is 11.3. The van der Waals surface area contributed by atoms with Gasteiger partial charge in [-0.1, -0.05) is 0 Å². The lowest BCUT2D eigenvalue weighted by molar-refractivity contribution is -0.124. The van der Waals surface area contributed by atoms with Crippen LogP contribution in [0.3, 0.4) is 0 Å². The Kier molecular flexibility index (Phi) is 1.19. The molecule has 0 aromatic carbocycles. The molecule has 0 saturated heterocycles. The normalized spacial score (nSPS) is 23.1. The van der Waals surface area contributed by atoms with Crippen LogP contribution in [0.5, 0.6) is 0 Å². The van der Waals surface area contributed by atoms with Gasteiger partial charge < -0.3 is 0 Å². The van der Waals surface area contributed by atoms with Gasteiger partial charge in [0.15, 0.2) is 0 Å². The maximum Gasteiger partial charge on any atom is 0.258 e. The summed E-state index contributed by atoms with van der Waals surface area (Å²) in [5.41, 5.74) is 2.38. The second-order valence-corrected chi connectivity index (χ2v) is 3.20. The molecule has 5 nitrogen and oxygen atoms in total. The molecule has 0 aromatic heterocycles. The van der Waals surface area contributed by atoms with Crippen LogP contribution >= 0.6 is 0 Å². The van der Waals surface area contributed by atoms with Crippen molar-refractivity contribution in [3.05, 3.63) is 22.9 Å². The van der Waals surface area contributed by atoms with Crippen molar-refractivity contribution in [3.8, 4) is 0 Å². The fourth-order valence-electron chi connectivity index (χ4n) is 1.70. The highest BCUT2D eigenvalue weighted by atomic mass is 16.2. The monoisotopic (exact) mass is 187 g/mol. The van der Waals surface area contributed by atoms with Crippen molar-refractivity contribution in [1.29, 1.82) is 0 Å². The van der Waals surface area contributed by atoms with Gasteiger partial charge in [0, 0.05) is 12.0 Å². The number of imide groups is 1. The lowest BCUT2D eigenvalue weighted by Crippen LogP contribution is -2.22. The Hall–Kier alpha value is -2.04. The minimum atomic E-state index is -0.335. The van der Waals surface area contributed by atoms with Gasteiger partial charge in [-0.05, 0) is 6.08 Å². The molecular formula is C9H5N3O2. The van der Waals surface area contributed by atoms with E-state index in [1.54, 1.807) is 6.08 Å². The highest BCUT2D eigenvalue weighted by molar-refractivity contribution is 6.26. The van der Waals surface area contributed by atoms with Gasteiger partial charge in [0.1, 0.15) is 6.34 Å². The topological polar surface area (TPSA) is 70.9 Å². The largest absolute Gasteiger partial charge is 0.288 e. The van der Waals surface area contributed by atoms with Gasteiger partial charge in [-0.2, -0.15) is 0 Å². The Balaban J connectivity index is 2.17. The second-order valence-electron chi connectivity index (χ2n) is 3.20. The molecule has 68 valence electrons. The van der Waals surface area contributed by atoms with Crippen molar-refractivity contribution >= 4 is 23.9 Å². The summed E-state index contributed by atoms with van der Waals surface area (Å²) in [6.07, 6.45) is 3.45. The average molecular weight is 187 g/mol. The molecule has 2 amide bonds. The van der Waals surface area contributed by atoms with Crippen LogP contribution in [0, 0.1) is 0 Å². The SMILES string of the molecule is O=C1NC(=O)C2=C1C=C1N=CN=C1C2. The first-order chi connectivity index (χ1) is 6.75. The van der Waals surface area contributed by atoms with Crippen LogP contribution in [0.15, 0.2) is 32.9 Å². The molecule has 3 rings (SSSR count). The summed E-state index contributed by atoms with van der Waals surface area (Å²) in [5.74, 6) is -0.645. The fourth-order valence-corrected chi connectivity index (χ4v) is 1.70. The first-order valence-electron chi connectivity index (χ1n) is 4.16. The molecule has 2 heterocycles. The quantitative estimate of drug-likeness (QED) is 0.529. The number of carbonyl (C=O) groups is 2. The number of nitrogens with zero attached hydrogens (tertiary/aromatic N) is 2. The van der Waals surface area contributed by atoms with Gasteiger partial charge in [0.05, 0.1) is 17.0 Å². The van der Waals surface area contributed by atoms with Crippen LogP contribution in [0.25, 0.3) is 0 Å². The van der Waals surface area contributed by atoms with E-state index in [0.717, 1.165) is 5.71 Å². The van der Waals surface area contributed by atoms with Crippen molar-refractivity contribution in [1.82, 2.24) is 5.32 Å². The number of aliphatic imine (C=N–C) groups is 2. The summed E-state index contributed by atoms with van der Waals surface area (Å²) in [4.78, 5) is 30.6. The third-order valence-corrected chi connectivity index (χ3v) is 2.40. The minimum Gasteiger partial charge on any atom is -0.288 e. The Morgan fingerprint density at radius 3 is 3.00 bits per heavy atom. The average Bonchev–Trinajstić information content (AvgIpc) is 2.70. The second kappa shape index (κ2) is 2.25. The number of hydrogen-bond donors (Lipinski definition) is 1. The van der Waals surface area contributed by atoms with Gasteiger partial charge in [0.2, 0.25) is 0 Å². The number of allylic oxidation sites excluding steroid dienone is 1. The number of amides is 2. The predicted octanol–water partition coefficient (Wildman–Crippen LogP) is -0.290. The molecule has 0 spiro atoms. The summed E-state index contributed by atoms with van der Waals surface area (Å²) in [6, 6.07) is 0. The number of carbonyl (C=O) groups excluding carboxylic acids is 2. The molecule has 0 saturated carbocycles. The summed E-state index contributed by atoms with van der Waals surface area (Å²) >= 11 is 0. The standard InChI is InChI=1S/C9H5N3O2/c13-8-4-1-6-7(11-3-10-6)2-5(4)9(14)12-8/h1,3H,2H2,(H,12,13,14). The van der Waals surface area contributed by atoms with Gasteiger partial charge in [-0.3, -0.25) is 14.9 Å². The molecule has 3 aliphatic rings. The van der Waals surface area contributed by atoms with E-state index in [9.17, 15) is 9.59 Å². The lowest BCUT2D eigenvalue weighted by atomic mass is 9.96. The highest BCUT2D eigenvalue weighted by Gasteiger charge is 2.34. The zero-order valence-electron chi connectivity index (χ0n) is 7.07. The van der Waals surface area contributed by atoms with E-state index < -0.39 is 0 Å². The summed E-state index contributed by atoms with van der Waals surface area (Å²) in [5, 5.41) is 2.24. The number of nitrogens with one attached hydrogen (secondary N) is 1. The molecule has 0 atom stereocenters. The molecule has 5 heteroatoms. The molecule has 0 aromatic rings. The first kappa shape index (κ1) is 7.37. The van der Waals surface area contributed by atoms with Gasteiger partial charge >= 0.3 is 0 Å². The summed E-state index contributed by atoms with van der Waals surface area (Å²) < 4.78 is 0. The van der Waals surface area contributed by atoms with Gasteiger partial charge in [0.25, 0.3) is 11.8 Å². The number of hydrogen-bond acceptors (Lipinski definition) is 4. The molecule has 0 bridgehead atoms. The smallest absolute Gasteiger partial charge is 0.258 e. The van der Waals surface area contributed by atoms with Crippen LogP contribution in [0.2, 0.25) is 0 Å². The third kappa shape index (κ3) is 0.783. The van der Waals surface area contributed by atoms with E-state index >= 15 is 0 Å². The first-order valence-corrected chi connectivity index (χ1v) is 4.16. The van der Waals surface area contributed by atoms with Crippen molar-refractivity contribution < 1.29 is 9.59 Å². The van der Waals surface area contributed by atoms with Crippen molar-refractivity contribution in [2.45, 2.75) is 6.42 Å². The van der Waals surface area contributed by atoms with E-state index in [1.165, 1.54) is 6.34 Å². The number of fused-ring (bicyclic) bond motifs is 1. The summed E-state index contributed by atoms with van der Waals surface area (Å²) in [6.45, 7) is 0. The Labute approximate surface area is 78.9 Å². The van der Waals surface area contributed by atoms with E-state index in [4.69, 9.17) is 0 Å². The van der Waals surface area contributed by atoms with Crippen LogP contribution in [0.4, 0.5) is 0 Å². The molecule has 1 N–H and O–H groups in total. The predicted molar refractivity (Wildman–Crippen MR) is 48.8 cm³/mol. The van der Waals surface area contributed by atoms with Crippen LogP contribution in [0.1, 0.15) is 6.42 Å². The highest BCUT2D eigenvalue weighted by Crippen LogP contribution is 2.28. The van der Waals surface area contributed by atoms with Crippen LogP contribution in [-0.2, 0) is 9.59 Å². The lowest BCUT2D eigenvalue weighted by Gasteiger charge is -2.07. The van der Waals surface area contributed by atoms with Gasteiger partial charge in [-0.15, -0.1) is 0 Å². The molecular weight excluding hydrogens is 182 g/mol. The molecule has 14 heavy (non-hydrogen) atoms. The van der Waals surface area contributed by atoms with E-state index in [2.05, 4.69) is 15.3 Å². The van der Waals surface area contributed by atoms with Crippen LogP contribution < -0.4 is 5.32 Å². The van der Waals surface area contributed by atoms with Crippen LogP contribution in [-0.4, -0.2) is 23.9 Å². The zero-order chi connectivity index (χ0) is 9.71. The molecule has 0 unspecified atom stereocenters. The molecule has 2 aliphatic heterocycles. The minimum absolute atomic E-state index is 0.310. The Morgan fingerprint density at radius 2 is 2.14 bits per heavy atom. The molecule has 1 aliphatic carbocycles. The zero-order valence-corrected chi connectivity index (χ0v) is 7.07. The fraction of sp³-hybridized carbons (Fsp3) is 0.111. The van der Waals surface area contributed by atoms with Crippen molar-refractivity contribution in [3.63, 3.8) is 0 Å². The maximum absolute atomic E-state index is 11.3.